The first-order valence-electron chi connectivity index (χ1n) is 11.6. The lowest BCUT2D eigenvalue weighted by atomic mass is 10.0. The summed E-state index contributed by atoms with van der Waals surface area (Å²) in [6, 6.07) is 15.5. The molecule has 6 nitrogen and oxygen atoms in total. The molecule has 33 heavy (non-hydrogen) atoms. The first-order chi connectivity index (χ1) is 15.7. The zero-order valence-electron chi connectivity index (χ0n) is 19.9. The van der Waals surface area contributed by atoms with Gasteiger partial charge in [0.2, 0.25) is 15.9 Å². The molecular weight excluding hydrogens is 434 g/mol. The molecule has 1 aromatic heterocycles. The summed E-state index contributed by atoms with van der Waals surface area (Å²) >= 11 is 0. The van der Waals surface area contributed by atoms with Crippen molar-refractivity contribution in [3.05, 3.63) is 71.1 Å². The van der Waals surface area contributed by atoms with Crippen LogP contribution in [0.1, 0.15) is 36.4 Å². The Morgan fingerprint density at radius 2 is 1.58 bits per heavy atom. The maximum atomic E-state index is 13.1. The van der Waals surface area contributed by atoms with Gasteiger partial charge in [-0.25, -0.2) is 13.4 Å². The van der Waals surface area contributed by atoms with Crippen LogP contribution in [0.3, 0.4) is 0 Å². The second-order valence-electron chi connectivity index (χ2n) is 9.31. The van der Waals surface area contributed by atoms with Crippen molar-refractivity contribution in [2.24, 2.45) is 5.92 Å². The minimum absolute atomic E-state index is 0.374. The zero-order chi connectivity index (χ0) is 23.6. The lowest BCUT2D eigenvalue weighted by Gasteiger charge is -2.33. The van der Waals surface area contributed by atoms with Crippen LogP contribution < -0.4 is 0 Å². The molecule has 0 bridgehead atoms. The summed E-state index contributed by atoms with van der Waals surface area (Å²) in [5.41, 5.74) is 4.23. The van der Waals surface area contributed by atoms with Gasteiger partial charge in [0.05, 0.1) is 10.6 Å². The van der Waals surface area contributed by atoms with E-state index in [4.69, 9.17) is 9.40 Å². The summed E-state index contributed by atoms with van der Waals surface area (Å²) in [6.07, 6.45) is 0.950. The smallest absolute Gasteiger partial charge is 0.243 e. The molecule has 176 valence electrons. The van der Waals surface area contributed by atoms with Gasteiger partial charge in [-0.3, -0.25) is 4.90 Å². The van der Waals surface area contributed by atoms with E-state index in [9.17, 15) is 8.42 Å². The number of benzene rings is 2. The van der Waals surface area contributed by atoms with E-state index in [1.54, 1.807) is 16.4 Å². The van der Waals surface area contributed by atoms with E-state index in [2.05, 4.69) is 25.7 Å². The maximum absolute atomic E-state index is 13.1. The molecule has 1 aliphatic rings. The van der Waals surface area contributed by atoms with Crippen LogP contribution in [0.25, 0.3) is 11.5 Å². The first kappa shape index (κ1) is 23.7. The Morgan fingerprint density at radius 3 is 2.18 bits per heavy atom. The van der Waals surface area contributed by atoms with Crippen molar-refractivity contribution >= 4 is 10.0 Å². The molecule has 1 saturated heterocycles. The fourth-order valence-electron chi connectivity index (χ4n) is 4.15. The molecule has 1 fully saturated rings. The predicted molar refractivity (Wildman–Crippen MR) is 130 cm³/mol. The van der Waals surface area contributed by atoms with Crippen molar-refractivity contribution in [3.63, 3.8) is 0 Å². The van der Waals surface area contributed by atoms with Crippen LogP contribution in [0.15, 0.2) is 57.8 Å². The second kappa shape index (κ2) is 9.79. The molecule has 0 N–H and O–H groups in total. The van der Waals surface area contributed by atoms with E-state index in [-0.39, 0.29) is 0 Å². The Hall–Kier alpha value is -2.48. The van der Waals surface area contributed by atoms with Gasteiger partial charge in [-0.1, -0.05) is 43.7 Å². The highest BCUT2D eigenvalue weighted by atomic mass is 32.2. The van der Waals surface area contributed by atoms with E-state index >= 15 is 0 Å². The maximum Gasteiger partial charge on any atom is 0.243 e. The van der Waals surface area contributed by atoms with E-state index in [1.165, 1.54) is 11.1 Å². The van der Waals surface area contributed by atoms with E-state index in [1.807, 2.05) is 43.3 Å². The Morgan fingerprint density at radius 1 is 0.939 bits per heavy atom. The van der Waals surface area contributed by atoms with E-state index < -0.39 is 10.0 Å². The average molecular weight is 468 g/mol. The summed E-state index contributed by atoms with van der Waals surface area (Å²) in [5, 5.41) is 0. The van der Waals surface area contributed by atoms with E-state index in [0.29, 0.717) is 49.4 Å². The highest BCUT2D eigenvalue weighted by Crippen LogP contribution is 2.24. The normalized spacial score (nSPS) is 15.9. The highest BCUT2D eigenvalue weighted by Gasteiger charge is 2.29. The number of nitrogens with zero attached hydrogens (tertiary/aromatic N) is 3. The Bertz CT molecular complexity index is 1170. The molecule has 0 aliphatic carbocycles. The molecule has 2 heterocycles. The zero-order valence-corrected chi connectivity index (χ0v) is 20.7. The van der Waals surface area contributed by atoms with Gasteiger partial charge >= 0.3 is 0 Å². The Balaban J connectivity index is 1.37. The van der Waals surface area contributed by atoms with Crippen molar-refractivity contribution in [2.75, 3.05) is 26.2 Å². The van der Waals surface area contributed by atoms with Crippen LogP contribution in [0.2, 0.25) is 0 Å². The monoisotopic (exact) mass is 467 g/mol. The molecule has 4 rings (SSSR count). The van der Waals surface area contributed by atoms with E-state index in [0.717, 1.165) is 23.4 Å². The predicted octanol–water partition coefficient (Wildman–Crippen LogP) is 4.66. The molecule has 0 unspecified atom stereocenters. The third-order valence-electron chi connectivity index (χ3n) is 6.10. The molecular formula is C26H33N3O3S. The molecule has 0 saturated carbocycles. The highest BCUT2D eigenvalue weighted by molar-refractivity contribution is 7.89. The summed E-state index contributed by atoms with van der Waals surface area (Å²) in [5.74, 6) is 1.98. The van der Waals surface area contributed by atoms with Gasteiger partial charge < -0.3 is 4.42 Å². The molecule has 0 radical (unpaired) electrons. The van der Waals surface area contributed by atoms with Gasteiger partial charge in [0.15, 0.2) is 0 Å². The summed E-state index contributed by atoms with van der Waals surface area (Å²) in [6.45, 7) is 11.2. The number of aromatic nitrogens is 1. The van der Waals surface area contributed by atoms with Crippen molar-refractivity contribution in [1.29, 1.82) is 0 Å². The lowest BCUT2D eigenvalue weighted by molar-refractivity contribution is 0.179. The van der Waals surface area contributed by atoms with Crippen molar-refractivity contribution in [1.82, 2.24) is 14.2 Å². The van der Waals surface area contributed by atoms with Gasteiger partial charge in [-0.15, -0.1) is 0 Å². The number of rotatable bonds is 7. The van der Waals surface area contributed by atoms with Crippen LogP contribution in [-0.2, 0) is 23.0 Å². The van der Waals surface area contributed by atoms with Crippen LogP contribution in [0.5, 0.6) is 0 Å². The average Bonchev–Trinajstić information content (AvgIpc) is 3.14. The molecule has 1 aliphatic heterocycles. The van der Waals surface area contributed by atoms with Crippen LogP contribution >= 0.6 is 0 Å². The quantitative estimate of drug-likeness (QED) is 0.505. The van der Waals surface area contributed by atoms with Crippen molar-refractivity contribution < 1.29 is 12.8 Å². The molecule has 0 amide bonds. The largest absolute Gasteiger partial charge is 0.441 e. The van der Waals surface area contributed by atoms with Gasteiger partial charge in [0.25, 0.3) is 0 Å². The summed E-state index contributed by atoms with van der Waals surface area (Å²) < 4.78 is 33.7. The third kappa shape index (κ3) is 5.54. The van der Waals surface area contributed by atoms with Gasteiger partial charge in [-0.2, -0.15) is 4.31 Å². The number of sulfonamides is 1. The second-order valence-corrected chi connectivity index (χ2v) is 11.2. The number of aryl methyl sites for hydroxylation is 2. The first-order valence-corrected chi connectivity index (χ1v) is 13.0. The summed E-state index contributed by atoms with van der Waals surface area (Å²) in [7, 11) is -3.47. The van der Waals surface area contributed by atoms with Gasteiger partial charge in [0.1, 0.15) is 5.76 Å². The molecule has 7 heteroatoms. The number of piperazine rings is 1. The van der Waals surface area contributed by atoms with Crippen molar-refractivity contribution in [3.8, 4) is 11.5 Å². The third-order valence-corrected chi connectivity index (χ3v) is 8.01. The Labute approximate surface area is 197 Å². The Kier molecular flexibility index (Phi) is 7.02. The molecule has 0 atom stereocenters. The fraction of sp³-hybridized carbons (Fsp3) is 0.423. The number of oxazole rings is 1. The topological polar surface area (TPSA) is 66.7 Å². The van der Waals surface area contributed by atoms with Gasteiger partial charge in [0, 0.05) is 38.3 Å². The van der Waals surface area contributed by atoms with Crippen molar-refractivity contribution in [2.45, 2.75) is 45.6 Å². The standard InChI is InChI=1S/C26H33N3O3S/c1-19(2)17-22-7-11-24(12-8-22)33(30,31)29-15-13-28(14-16-29)18-25-21(4)32-26(27-25)23-9-5-20(3)6-10-23/h5-12,19H,13-18H2,1-4H3. The fourth-order valence-corrected chi connectivity index (χ4v) is 5.57. The van der Waals surface area contributed by atoms with Gasteiger partial charge in [-0.05, 0) is 56.0 Å². The van der Waals surface area contributed by atoms with Crippen LogP contribution in [0.4, 0.5) is 0 Å². The molecule has 2 aromatic carbocycles. The SMILES string of the molecule is Cc1ccc(-c2nc(CN3CCN(S(=O)(=O)c4ccc(CC(C)C)cc4)CC3)c(C)o2)cc1. The minimum Gasteiger partial charge on any atom is -0.441 e. The minimum atomic E-state index is -3.47. The van der Waals surface area contributed by atoms with Crippen LogP contribution in [-0.4, -0.2) is 48.8 Å². The summed E-state index contributed by atoms with van der Waals surface area (Å²) in [4.78, 5) is 7.32. The molecule has 0 spiro atoms. The lowest BCUT2D eigenvalue weighted by Crippen LogP contribution is -2.48. The molecule has 3 aromatic rings. The number of hydrogen-bond acceptors (Lipinski definition) is 5. The number of hydrogen-bond donors (Lipinski definition) is 0. The van der Waals surface area contributed by atoms with Crippen LogP contribution in [0, 0.1) is 19.8 Å².